The van der Waals surface area contributed by atoms with Gasteiger partial charge in [-0.15, -0.1) is 0 Å². The molecule has 0 aromatic heterocycles. The average molecular weight is 364 g/mol. The van der Waals surface area contributed by atoms with Crippen LogP contribution >= 0.6 is 0 Å². The summed E-state index contributed by atoms with van der Waals surface area (Å²) in [7, 11) is 0. The quantitative estimate of drug-likeness (QED) is 0.795. The molecule has 1 aromatic carbocycles. The largest absolute Gasteiger partial charge is 0.463 e. The summed E-state index contributed by atoms with van der Waals surface area (Å²) in [5.74, 6) is -1.09. The van der Waals surface area contributed by atoms with Crippen molar-refractivity contribution in [2.45, 2.75) is 77.2 Å². The molecule has 0 unspecified atom stereocenters. The summed E-state index contributed by atoms with van der Waals surface area (Å²) >= 11 is 0. The van der Waals surface area contributed by atoms with E-state index in [2.05, 4.69) is 0 Å². The van der Waals surface area contributed by atoms with Crippen LogP contribution in [0.15, 0.2) is 24.0 Å². The molecule has 3 aliphatic heterocycles. The molecule has 0 radical (unpaired) electrons. The first kappa shape index (κ1) is 17.9. The van der Waals surface area contributed by atoms with E-state index in [1.807, 2.05) is 52.8 Å². The molecular formula is C20H25FO5. The fourth-order valence-electron chi connectivity index (χ4n) is 3.76. The van der Waals surface area contributed by atoms with Gasteiger partial charge in [-0.05, 0) is 38.5 Å². The highest BCUT2D eigenvalue weighted by Crippen LogP contribution is 2.42. The summed E-state index contributed by atoms with van der Waals surface area (Å²) < 4.78 is 44.1. The summed E-state index contributed by atoms with van der Waals surface area (Å²) in [5, 5.41) is 0. The molecule has 0 N–H and O–H groups in total. The van der Waals surface area contributed by atoms with Crippen molar-refractivity contribution in [2.24, 2.45) is 0 Å². The second-order valence-electron chi connectivity index (χ2n) is 7.97. The zero-order valence-electron chi connectivity index (χ0n) is 15.7. The molecular weight excluding hydrogens is 339 g/mol. The Morgan fingerprint density at radius 1 is 1.12 bits per heavy atom. The molecule has 2 saturated heterocycles. The van der Waals surface area contributed by atoms with Gasteiger partial charge in [-0.2, -0.15) is 0 Å². The molecule has 3 aliphatic rings. The van der Waals surface area contributed by atoms with Crippen LogP contribution in [-0.2, 0) is 25.6 Å². The number of rotatable bonds is 2. The zero-order valence-corrected chi connectivity index (χ0v) is 15.7. The van der Waals surface area contributed by atoms with Gasteiger partial charge in [-0.1, -0.05) is 12.1 Å². The van der Waals surface area contributed by atoms with Gasteiger partial charge in [-0.25, -0.2) is 4.39 Å². The van der Waals surface area contributed by atoms with Gasteiger partial charge in [0.1, 0.15) is 29.9 Å². The minimum Gasteiger partial charge on any atom is -0.463 e. The van der Waals surface area contributed by atoms with Crippen LogP contribution in [-0.4, -0.2) is 36.0 Å². The minimum absolute atomic E-state index is 0.233. The third kappa shape index (κ3) is 3.16. The molecule has 0 bridgehead atoms. The first-order valence-corrected chi connectivity index (χ1v) is 8.98. The molecule has 142 valence electrons. The van der Waals surface area contributed by atoms with Crippen molar-refractivity contribution in [3.8, 4) is 5.75 Å². The lowest BCUT2D eigenvalue weighted by Crippen LogP contribution is -2.35. The molecule has 1 aromatic rings. The smallest absolute Gasteiger partial charge is 0.205 e. The highest BCUT2D eigenvalue weighted by molar-refractivity contribution is 5.60. The van der Waals surface area contributed by atoms with Gasteiger partial charge in [-0.3, -0.25) is 0 Å². The lowest BCUT2D eigenvalue weighted by molar-refractivity contribution is -0.182. The third-order valence-corrected chi connectivity index (χ3v) is 4.94. The van der Waals surface area contributed by atoms with Gasteiger partial charge in [0.15, 0.2) is 5.79 Å². The van der Waals surface area contributed by atoms with E-state index in [0.717, 1.165) is 5.56 Å². The van der Waals surface area contributed by atoms with Crippen molar-refractivity contribution in [1.82, 2.24) is 0 Å². The Morgan fingerprint density at radius 3 is 2.62 bits per heavy atom. The van der Waals surface area contributed by atoms with E-state index in [-0.39, 0.29) is 18.0 Å². The number of hydrogen-bond acceptors (Lipinski definition) is 5. The number of benzene rings is 1. The van der Waals surface area contributed by atoms with E-state index in [4.69, 9.17) is 23.7 Å². The third-order valence-electron chi connectivity index (χ3n) is 4.94. The lowest BCUT2D eigenvalue weighted by atomic mass is 10.0. The first-order chi connectivity index (χ1) is 12.2. The van der Waals surface area contributed by atoms with Crippen LogP contribution in [0.4, 0.5) is 4.39 Å². The molecule has 3 heterocycles. The molecule has 2 fully saturated rings. The van der Waals surface area contributed by atoms with Crippen molar-refractivity contribution >= 4 is 6.08 Å². The van der Waals surface area contributed by atoms with E-state index in [1.165, 1.54) is 6.08 Å². The maximum atomic E-state index is 15.1. The molecule has 0 aliphatic carbocycles. The topological polar surface area (TPSA) is 46.2 Å². The molecule has 4 rings (SSSR count). The van der Waals surface area contributed by atoms with Gasteiger partial charge in [0.25, 0.3) is 0 Å². The van der Waals surface area contributed by atoms with Crippen LogP contribution in [0.2, 0.25) is 0 Å². The SMILES string of the molecule is C[C@@H]1O[C@H](/C(F)=C/c2cccc3c2COC(C)(C)O3)[C@H]2OC(C)(C)O[C@H]21. The van der Waals surface area contributed by atoms with E-state index < -0.39 is 23.8 Å². The first-order valence-electron chi connectivity index (χ1n) is 8.98. The molecule has 5 nitrogen and oxygen atoms in total. The van der Waals surface area contributed by atoms with Crippen molar-refractivity contribution in [1.29, 1.82) is 0 Å². The number of hydrogen-bond donors (Lipinski definition) is 0. The van der Waals surface area contributed by atoms with Crippen LogP contribution in [0.1, 0.15) is 45.7 Å². The van der Waals surface area contributed by atoms with Gasteiger partial charge in [0.05, 0.1) is 12.7 Å². The van der Waals surface area contributed by atoms with Crippen LogP contribution < -0.4 is 4.74 Å². The zero-order chi connectivity index (χ0) is 18.7. The highest BCUT2D eigenvalue weighted by atomic mass is 19.1. The van der Waals surface area contributed by atoms with Gasteiger partial charge in [0.2, 0.25) is 5.79 Å². The second kappa shape index (κ2) is 6.02. The standard InChI is InChI=1S/C20H25FO5/c1-11-16-18(26-20(4,5)25-16)17(23-11)14(21)9-12-7-6-8-15-13(12)10-22-19(2,3)24-15/h6-9,11,16-18H,10H2,1-5H3/b14-9-/t11-,16-,17+,18-/m0/s1. The average Bonchev–Trinajstić information content (AvgIpc) is 3.00. The number of fused-ring (bicyclic) bond motifs is 2. The number of halogens is 1. The Bertz CT molecular complexity index is 742. The van der Waals surface area contributed by atoms with E-state index in [9.17, 15) is 0 Å². The Hall–Kier alpha value is -1.47. The predicted molar refractivity (Wildman–Crippen MR) is 93.2 cm³/mol. The van der Waals surface area contributed by atoms with Crippen LogP contribution in [0.3, 0.4) is 0 Å². The van der Waals surface area contributed by atoms with Crippen LogP contribution in [0.5, 0.6) is 5.75 Å². The Morgan fingerprint density at radius 2 is 1.85 bits per heavy atom. The molecule has 4 atom stereocenters. The van der Waals surface area contributed by atoms with Crippen molar-refractivity contribution in [3.63, 3.8) is 0 Å². The van der Waals surface area contributed by atoms with Gasteiger partial charge >= 0.3 is 0 Å². The number of ether oxygens (including phenoxy) is 5. The summed E-state index contributed by atoms with van der Waals surface area (Å²) in [6, 6.07) is 5.56. The van der Waals surface area contributed by atoms with Crippen LogP contribution in [0.25, 0.3) is 6.08 Å². The van der Waals surface area contributed by atoms with E-state index >= 15 is 4.39 Å². The Balaban J connectivity index is 1.62. The Labute approximate surface area is 153 Å². The van der Waals surface area contributed by atoms with Crippen LogP contribution in [0, 0.1) is 0 Å². The molecule has 0 saturated carbocycles. The summed E-state index contributed by atoms with van der Waals surface area (Å²) in [5.41, 5.74) is 1.54. The highest BCUT2D eigenvalue weighted by Gasteiger charge is 2.55. The summed E-state index contributed by atoms with van der Waals surface area (Å²) in [4.78, 5) is 0. The monoisotopic (exact) mass is 364 g/mol. The van der Waals surface area contributed by atoms with E-state index in [1.54, 1.807) is 0 Å². The Kier molecular flexibility index (Phi) is 4.15. The van der Waals surface area contributed by atoms with E-state index in [0.29, 0.717) is 17.9 Å². The van der Waals surface area contributed by atoms with Crippen molar-refractivity contribution in [2.75, 3.05) is 0 Å². The normalized spacial score (nSPS) is 34.9. The fraction of sp³-hybridized carbons (Fsp3) is 0.600. The predicted octanol–water partition coefficient (Wildman–Crippen LogP) is 3.95. The second-order valence-corrected chi connectivity index (χ2v) is 7.97. The molecule has 6 heteroatoms. The maximum absolute atomic E-state index is 15.1. The maximum Gasteiger partial charge on any atom is 0.205 e. The fourth-order valence-corrected chi connectivity index (χ4v) is 3.76. The van der Waals surface area contributed by atoms with Gasteiger partial charge < -0.3 is 23.7 Å². The van der Waals surface area contributed by atoms with Gasteiger partial charge in [0, 0.05) is 19.4 Å². The summed E-state index contributed by atoms with van der Waals surface area (Å²) in [6.07, 6.45) is -0.260. The molecule has 0 amide bonds. The summed E-state index contributed by atoms with van der Waals surface area (Å²) in [6.45, 7) is 9.62. The molecule has 0 spiro atoms. The minimum atomic E-state index is -0.783. The van der Waals surface area contributed by atoms with Crippen molar-refractivity contribution < 1.29 is 28.1 Å². The molecule has 26 heavy (non-hydrogen) atoms. The van der Waals surface area contributed by atoms with Crippen molar-refractivity contribution in [3.05, 3.63) is 35.2 Å². The lowest BCUT2D eigenvalue weighted by Gasteiger charge is -2.33.